The summed E-state index contributed by atoms with van der Waals surface area (Å²) in [6.45, 7) is 1.52. The van der Waals surface area contributed by atoms with Gasteiger partial charge in [0, 0.05) is 56.9 Å². The third-order valence-electron chi connectivity index (χ3n) is 2.80. The second kappa shape index (κ2) is 7.21. The van der Waals surface area contributed by atoms with Crippen molar-refractivity contribution in [3.63, 3.8) is 0 Å². The first kappa shape index (κ1) is 14.7. The molecule has 0 aliphatic carbocycles. The van der Waals surface area contributed by atoms with Crippen LogP contribution in [0.5, 0.6) is 0 Å². The van der Waals surface area contributed by atoms with E-state index in [1.807, 2.05) is 49.9 Å². The van der Waals surface area contributed by atoms with Gasteiger partial charge in [-0.3, -0.25) is 0 Å². The quantitative estimate of drug-likeness (QED) is 0.648. The Bertz CT molecular complexity index is 542. The zero-order valence-electron chi connectivity index (χ0n) is 12.0. The van der Waals surface area contributed by atoms with Crippen LogP contribution < -0.4 is 10.2 Å². The maximum Gasteiger partial charge on any atom is 0.187 e. The molecule has 0 aromatic carbocycles. The van der Waals surface area contributed by atoms with Gasteiger partial charge in [-0.05, 0) is 12.3 Å². The van der Waals surface area contributed by atoms with Gasteiger partial charge in [-0.25, -0.2) is 15.0 Å². The summed E-state index contributed by atoms with van der Waals surface area (Å²) in [4.78, 5) is 14.9. The minimum atomic E-state index is 0.746. The van der Waals surface area contributed by atoms with Gasteiger partial charge in [-0.1, -0.05) is 17.8 Å². The van der Waals surface area contributed by atoms with Crippen molar-refractivity contribution < 1.29 is 0 Å². The summed E-state index contributed by atoms with van der Waals surface area (Å²) < 4.78 is 0. The maximum absolute atomic E-state index is 4.39. The number of hydrogen-bond acceptors (Lipinski definition) is 6. The number of hydrogen-bond donors (Lipinski definition) is 1. The Morgan fingerprint density at radius 3 is 2.55 bits per heavy atom. The molecule has 0 unspecified atom stereocenters. The van der Waals surface area contributed by atoms with E-state index in [0.29, 0.717) is 0 Å². The normalized spacial score (nSPS) is 10.6. The van der Waals surface area contributed by atoms with Gasteiger partial charge in [0.2, 0.25) is 0 Å². The van der Waals surface area contributed by atoms with Gasteiger partial charge in [0.05, 0.1) is 0 Å². The van der Waals surface area contributed by atoms with Crippen LogP contribution in [0.3, 0.4) is 0 Å². The molecule has 0 aliphatic heterocycles. The Labute approximate surface area is 123 Å². The second-order valence-corrected chi connectivity index (χ2v) is 5.34. The van der Waals surface area contributed by atoms with Crippen molar-refractivity contribution in [3.05, 3.63) is 41.9 Å². The van der Waals surface area contributed by atoms with Gasteiger partial charge >= 0.3 is 0 Å². The summed E-state index contributed by atoms with van der Waals surface area (Å²) in [5.74, 6) is 0.994. The number of nitrogens with one attached hydrogen (secondary N) is 1. The molecule has 0 saturated heterocycles. The summed E-state index contributed by atoms with van der Waals surface area (Å²) in [7, 11) is 4.00. The number of anilines is 1. The molecule has 0 radical (unpaired) electrons. The average Bonchev–Trinajstić information content (AvgIpc) is 2.48. The molecule has 0 aliphatic rings. The molecule has 0 amide bonds. The van der Waals surface area contributed by atoms with Gasteiger partial charge < -0.3 is 10.2 Å². The molecule has 0 bridgehead atoms. The molecule has 0 atom stereocenters. The van der Waals surface area contributed by atoms with Crippen LogP contribution in [-0.2, 0) is 13.1 Å². The lowest BCUT2D eigenvalue weighted by atomic mass is 10.2. The smallest absolute Gasteiger partial charge is 0.187 e. The highest BCUT2D eigenvalue weighted by molar-refractivity contribution is 7.98. The van der Waals surface area contributed by atoms with Crippen LogP contribution >= 0.6 is 11.8 Å². The first-order chi connectivity index (χ1) is 9.70. The molecule has 0 saturated carbocycles. The van der Waals surface area contributed by atoms with E-state index in [-0.39, 0.29) is 0 Å². The number of pyridine rings is 1. The van der Waals surface area contributed by atoms with Crippen LogP contribution in [0.25, 0.3) is 0 Å². The topological polar surface area (TPSA) is 53.9 Å². The predicted octanol–water partition coefficient (Wildman–Crippen LogP) is 1.95. The third-order valence-corrected chi connectivity index (χ3v) is 3.38. The first-order valence-corrected chi connectivity index (χ1v) is 7.60. The monoisotopic (exact) mass is 289 g/mol. The number of rotatable bonds is 6. The molecular weight excluding hydrogens is 270 g/mol. The summed E-state index contributed by atoms with van der Waals surface area (Å²) in [5.41, 5.74) is 2.26. The lowest BCUT2D eigenvalue weighted by Gasteiger charge is -2.16. The van der Waals surface area contributed by atoms with E-state index in [9.17, 15) is 0 Å². The standard InChI is InChI=1S/C14H19N5S/c1-19(2)13-12(5-4-6-16-13)10-15-7-11-8-17-14(20-3)18-9-11/h4-6,8-9,15H,7,10H2,1-3H3. The summed E-state index contributed by atoms with van der Waals surface area (Å²) in [6.07, 6.45) is 7.51. The highest BCUT2D eigenvalue weighted by Crippen LogP contribution is 2.14. The molecule has 0 fully saturated rings. The largest absolute Gasteiger partial charge is 0.362 e. The molecule has 2 heterocycles. The van der Waals surface area contributed by atoms with Crippen molar-refractivity contribution in [2.75, 3.05) is 25.3 Å². The van der Waals surface area contributed by atoms with E-state index in [2.05, 4.69) is 26.3 Å². The van der Waals surface area contributed by atoms with Crippen molar-refractivity contribution >= 4 is 17.6 Å². The fourth-order valence-electron chi connectivity index (χ4n) is 1.85. The van der Waals surface area contributed by atoms with Gasteiger partial charge in [-0.15, -0.1) is 0 Å². The van der Waals surface area contributed by atoms with Gasteiger partial charge in [0.25, 0.3) is 0 Å². The molecule has 6 heteroatoms. The molecule has 2 aromatic heterocycles. The highest BCUT2D eigenvalue weighted by Gasteiger charge is 2.04. The van der Waals surface area contributed by atoms with E-state index in [4.69, 9.17) is 0 Å². The van der Waals surface area contributed by atoms with E-state index < -0.39 is 0 Å². The lowest BCUT2D eigenvalue weighted by molar-refractivity contribution is 0.682. The molecule has 0 spiro atoms. The number of nitrogens with zero attached hydrogens (tertiary/aromatic N) is 4. The molecule has 1 N–H and O–H groups in total. The van der Waals surface area contributed by atoms with Gasteiger partial charge in [0.1, 0.15) is 5.82 Å². The van der Waals surface area contributed by atoms with Gasteiger partial charge in [0.15, 0.2) is 5.16 Å². The molecule has 2 aromatic rings. The van der Waals surface area contributed by atoms with Crippen molar-refractivity contribution in [2.45, 2.75) is 18.2 Å². The Kier molecular flexibility index (Phi) is 5.31. The maximum atomic E-state index is 4.39. The van der Waals surface area contributed by atoms with Gasteiger partial charge in [-0.2, -0.15) is 0 Å². The average molecular weight is 289 g/mol. The zero-order chi connectivity index (χ0) is 14.4. The van der Waals surface area contributed by atoms with Crippen molar-refractivity contribution in [3.8, 4) is 0 Å². The molecule has 5 nitrogen and oxygen atoms in total. The summed E-state index contributed by atoms with van der Waals surface area (Å²) in [6, 6.07) is 4.04. The third kappa shape index (κ3) is 3.91. The first-order valence-electron chi connectivity index (χ1n) is 6.37. The lowest BCUT2D eigenvalue weighted by Crippen LogP contribution is -2.18. The van der Waals surface area contributed by atoms with E-state index in [0.717, 1.165) is 29.6 Å². The minimum absolute atomic E-state index is 0.746. The Balaban J connectivity index is 1.92. The molecular formula is C14H19N5S. The van der Waals surface area contributed by atoms with Crippen LogP contribution in [0.15, 0.2) is 35.9 Å². The van der Waals surface area contributed by atoms with E-state index in [1.165, 1.54) is 5.56 Å². The second-order valence-electron chi connectivity index (χ2n) is 4.56. The fraction of sp³-hybridized carbons (Fsp3) is 0.357. The van der Waals surface area contributed by atoms with E-state index >= 15 is 0 Å². The molecule has 106 valence electrons. The van der Waals surface area contributed by atoms with Crippen molar-refractivity contribution in [1.29, 1.82) is 0 Å². The van der Waals surface area contributed by atoms with Crippen LogP contribution in [-0.4, -0.2) is 35.3 Å². The Hall–Kier alpha value is -1.66. The summed E-state index contributed by atoms with van der Waals surface area (Å²) >= 11 is 1.55. The zero-order valence-corrected chi connectivity index (χ0v) is 12.8. The van der Waals surface area contributed by atoms with Crippen LogP contribution in [0.1, 0.15) is 11.1 Å². The molecule has 2 rings (SSSR count). The Morgan fingerprint density at radius 2 is 1.90 bits per heavy atom. The highest BCUT2D eigenvalue weighted by atomic mass is 32.2. The van der Waals surface area contributed by atoms with Crippen molar-refractivity contribution in [2.24, 2.45) is 0 Å². The van der Waals surface area contributed by atoms with Crippen molar-refractivity contribution in [1.82, 2.24) is 20.3 Å². The number of aromatic nitrogens is 3. The van der Waals surface area contributed by atoms with Crippen LogP contribution in [0, 0.1) is 0 Å². The van der Waals surface area contributed by atoms with Crippen LogP contribution in [0.4, 0.5) is 5.82 Å². The summed E-state index contributed by atoms with van der Waals surface area (Å²) in [5, 5.41) is 4.20. The number of thioether (sulfide) groups is 1. The van der Waals surface area contributed by atoms with E-state index in [1.54, 1.807) is 11.8 Å². The minimum Gasteiger partial charge on any atom is -0.362 e. The fourth-order valence-corrected chi connectivity index (χ4v) is 2.17. The molecule has 20 heavy (non-hydrogen) atoms. The van der Waals surface area contributed by atoms with Crippen LogP contribution in [0.2, 0.25) is 0 Å². The SMILES string of the molecule is CSc1ncc(CNCc2cccnc2N(C)C)cn1. The predicted molar refractivity (Wildman–Crippen MR) is 82.9 cm³/mol. The Morgan fingerprint density at radius 1 is 1.15 bits per heavy atom.